The minimum atomic E-state index is -1.78. The number of allylic oxidation sites excluding steroid dienone is 8. The Morgan fingerprint density at radius 3 is 0.991 bits per heavy atom. The van der Waals surface area contributed by atoms with Gasteiger partial charge in [0.15, 0.2) is 12.6 Å². The van der Waals surface area contributed by atoms with E-state index in [0.29, 0.717) is 12.8 Å². The average molecular weight is 1520 g/mol. The van der Waals surface area contributed by atoms with Gasteiger partial charge in [0.25, 0.3) is 0 Å². The van der Waals surface area contributed by atoms with Crippen molar-refractivity contribution in [3.8, 4) is 0 Å². The number of aliphatic hydroxyl groups excluding tert-OH is 8. The minimum Gasteiger partial charge on any atom is -0.394 e. The van der Waals surface area contributed by atoms with Crippen LogP contribution in [-0.4, -0.2) is 140 Å². The van der Waals surface area contributed by atoms with Gasteiger partial charge < -0.3 is 65.1 Å². The maximum absolute atomic E-state index is 13.5. The molecule has 0 radical (unpaired) electrons. The second kappa shape index (κ2) is 76.6. The molecule has 2 fully saturated rings. The molecule has 2 aliphatic heterocycles. The van der Waals surface area contributed by atoms with Crippen molar-refractivity contribution < 1.29 is 64.6 Å². The van der Waals surface area contributed by atoms with E-state index in [1.807, 2.05) is 0 Å². The van der Waals surface area contributed by atoms with Crippen LogP contribution in [0, 0.1) is 0 Å². The van der Waals surface area contributed by atoms with Crippen LogP contribution in [0.15, 0.2) is 48.6 Å². The number of nitrogens with one attached hydrogen (secondary N) is 1. The summed E-state index contributed by atoms with van der Waals surface area (Å²) >= 11 is 0. The third-order valence-electron chi connectivity index (χ3n) is 22.8. The van der Waals surface area contributed by atoms with Crippen LogP contribution in [0.5, 0.6) is 0 Å². The summed E-state index contributed by atoms with van der Waals surface area (Å²) < 4.78 is 23.0. The first kappa shape index (κ1) is 101. The fourth-order valence-electron chi connectivity index (χ4n) is 15.6. The van der Waals surface area contributed by atoms with Gasteiger partial charge in [-0.05, 0) is 51.4 Å². The van der Waals surface area contributed by atoms with Gasteiger partial charge in [0, 0.05) is 6.42 Å². The highest BCUT2D eigenvalue weighted by Gasteiger charge is 2.51. The van der Waals surface area contributed by atoms with Crippen molar-refractivity contribution in [1.82, 2.24) is 5.32 Å². The first-order valence-electron chi connectivity index (χ1n) is 46.4. The van der Waals surface area contributed by atoms with Gasteiger partial charge in [0.2, 0.25) is 5.91 Å². The number of carbonyl (C=O) groups is 1. The monoisotopic (exact) mass is 1510 g/mol. The molecule has 1 amide bonds. The fraction of sp³-hybridized carbons (Fsp3) is 0.903. The Morgan fingerprint density at radius 2 is 0.645 bits per heavy atom. The SMILES string of the molecule is CC/C=C\C/C=C\C/C=C\C/C=C\CCCCCCCCCCCCCCCCCCCCCCCCCCCCCCC(=O)NC(COC1OC(CO)C(OC2OC(CO)C(O)C(O)C2O)C(O)C1O)C(O)CCCCCCCCCCCCCCCCCCCCCCCCCCCCCCCCCC. The molecule has 14 nitrogen and oxygen atoms in total. The van der Waals surface area contributed by atoms with Crippen molar-refractivity contribution in [3.05, 3.63) is 48.6 Å². The van der Waals surface area contributed by atoms with E-state index in [-0.39, 0.29) is 12.5 Å². The number of hydrogen-bond acceptors (Lipinski definition) is 13. The number of hydrogen-bond donors (Lipinski definition) is 9. The molecule has 0 aromatic heterocycles. The van der Waals surface area contributed by atoms with Crippen LogP contribution in [0.1, 0.15) is 444 Å². The first-order chi connectivity index (χ1) is 52.6. The lowest BCUT2D eigenvalue weighted by molar-refractivity contribution is -0.359. The Morgan fingerprint density at radius 1 is 0.346 bits per heavy atom. The molecule has 0 aromatic rings. The molecule has 12 unspecified atom stereocenters. The van der Waals surface area contributed by atoms with Crippen molar-refractivity contribution in [3.63, 3.8) is 0 Å². The van der Waals surface area contributed by atoms with Gasteiger partial charge in [-0.1, -0.05) is 435 Å². The van der Waals surface area contributed by atoms with Gasteiger partial charge in [-0.25, -0.2) is 0 Å². The van der Waals surface area contributed by atoms with Crippen LogP contribution in [0.3, 0.4) is 0 Å². The predicted molar refractivity (Wildman–Crippen MR) is 448 cm³/mol. The van der Waals surface area contributed by atoms with Crippen LogP contribution < -0.4 is 5.32 Å². The fourth-order valence-corrected chi connectivity index (χ4v) is 15.6. The standard InChI is InChI=1S/C93H175NO13/c1-3-5-7-9-11-13-15-17-19-21-23-25-27-29-31-33-35-37-38-39-40-41-42-43-44-45-47-49-51-53-55-57-59-61-63-65-67-69-71-73-75-77-85(98)94-81(80-104-92-90(103)88(101)91(84(79-96)106-92)107-93-89(102)87(100)86(99)83(78-95)105-93)82(97)76-74-72-70-68-66-64-62-60-58-56-54-52-50-48-46-36-34-32-30-28-26-24-22-20-18-16-14-12-10-8-6-4-2/h5,7,11,13,17,19,23,25,81-84,86-93,95-97,99-103H,3-4,6,8-10,12,14-16,18,20-22,24,26-80H2,1-2H3,(H,94,98)/b7-5-,13-11-,19-17-,25-23-. The van der Waals surface area contributed by atoms with E-state index >= 15 is 0 Å². The van der Waals surface area contributed by atoms with Gasteiger partial charge in [0.1, 0.15) is 48.8 Å². The molecule has 2 aliphatic rings. The second-order valence-electron chi connectivity index (χ2n) is 32.8. The summed E-state index contributed by atoms with van der Waals surface area (Å²) in [6.07, 6.45) is 87.8. The third kappa shape index (κ3) is 58.5. The van der Waals surface area contributed by atoms with Gasteiger partial charge in [0.05, 0.1) is 32.0 Å². The van der Waals surface area contributed by atoms with Crippen molar-refractivity contribution in [2.45, 2.75) is 518 Å². The smallest absolute Gasteiger partial charge is 0.220 e. The summed E-state index contributed by atoms with van der Waals surface area (Å²) in [5.41, 5.74) is 0. The number of carbonyl (C=O) groups excluding carboxylic acids is 1. The van der Waals surface area contributed by atoms with Crippen LogP contribution in [0.2, 0.25) is 0 Å². The molecule has 2 saturated heterocycles. The zero-order valence-electron chi connectivity index (χ0n) is 69.7. The molecule has 14 heteroatoms. The normalized spacial score (nSPS) is 21.4. The van der Waals surface area contributed by atoms with Gasteiger partial charge in [-0.15, -0.1) is 0 Å². The van der Waals surface area contributed by atoms with Gasteiger partial charge >= 0.3 is 0 Å². The molecule has 0 bridgehead atoms. The molecule has 0 aliphatic carbocycles. The Kier molecular flexibility index (Phi) is 72.3. The second-order valence-corrected chi connectivity index (χ2v) is 32.8. The molecule has 630 valence electrons. The van der Waals surface area contributed by atoms with Crippen LogP contribution in [0.4, 0.5) is 0 Å². The number of ether oxygens (including phenoxy) is 4. The number of aliphatic hydroxyl groups is 8. The quantitative estimate of drug-likeness (QED) is 0.0204. The number of rotatable bonds is 80. The summed E-state index contributed by atoms with van der Waals surface area (Å²) in [4.78, 5) is 13.5. The molecule has 0 spiro atoms. The van der Waals surface area contributed by atoms with Crippen molar-refractivity contribution in [1.29, 1.82) is 0 Å². The van der Waals surface area contributed by atoms with E-state index in [4.69, 9.17) is 18.9 Å². The van der Waals surface area contributed by atoms with E-state index in [0.717, 1.165) is 77.0 Å². The molecular formula is C93H175NO13. The molecule has 9 N–H and O–H groups in total. The summed E-state index contributed by atoms with van der Waals surface area (Å²) in [6, 6.07) is -0.829. The Balaban J connectivity index is 1.53. The summed E-state index contributed by atoms with van der Waals surface area (Å²) in [5.74, 6) is -0.196. The Labute approximate surface area is 658 Å². The summed E-state index contributed by atoms with van der Waals surface area (Å²) in [7, 11) is 0. The van der Waals surface area contributed by atoms with Gasteiger partial charge in [-0.3, -0.25) is 4.79 Å². The van der Waals surface area contributed by atoms with E-state index in [1.54, 1.807) is 0 Å². The predicted octanol–water partition coefficient (Wildman–Crippen LogP) is 22.9. The van der Waals surface area contributed by atoms with E-state index < -0.39 is 86.8 Å². The highest BCUT2D eigenvalue weighted by Crippen LogP contribution is 2.31. The third-order valence-corrected chi connectivity index (χ3v) is 22.8. The lowest BCUT2D eigenvalue weighted by Crippen LogP contribution is -2.65. The topological polar surface area (TPSA) is 228 Å². The molecular weight excluding hydrogens is 1340 g/mol. The highest BCUT2D eigenvalue weighted by atomic mass is 16.7. The van der Waals surface area contributed by atoms with Crippen molar-refractivity contribution in [2.24, 2.45) is 0 Å². The van der Waals surface area contributed by atoms with Crippen LogP contribution in [0.25, 0.3) is 0 Å². The molecule has 107 heavy (non-hydrogen) atoms. The number of unbranched alkanes of at least 4 members (excludes halogenated alkanes) is 59. The van der Waals surface area contributed by atoms with Crippen LogP contribution in [-0.2, 0) is 23.7 Å². The Bertz CT molecular complexity index is 1990. The lowest BCUT2D eigenvalue weighted by Gasteiger charge is -2.46. The maximum atomic E-state index is 13.5. The molecule has 2 rings (SSSR count). The van der Waals surface area contributed by atoms with E-state index in [1.165, 1.54) is 340 Å². The van der Waals surface area contributed by atoms with Crippen molar-refractivity contribution >= 4 is 5.91 Å². The minimum absolute atomic E-state index is 0.196. The first-order valence-corrected chi connectivity index (χ1v) is 46.4. The lowest BCUT2D eigenvalue weighted by atomic mass is 9.97. The zero-order chi connectivity index (χ0) is 77.2. The largest absolute Gasteiger partial charge is 0.394 e. The zero-order valence-corrected chi connectivity index (χ0v) is 69.7. The van der Waals surface area contributed by atoms with E-state index in [9.17, 15) is 45.6 Å². The van der Waals surface area contributed by atoms with Crippen molar-refractivity contribution in [2.75, 3.05) is 19.8 Å². The van der Waals surface area contributed by atoms with Gasteiger partial charge in [-0.2, -0.15) is 0 Å². The van der Waals surface area contributed by atoms with E-state index in [2.05, 4.69) is 67.8 Å². The Hall–Kier alpha value is -2.05. The average Bonchev–Trinajstić information content (AvgIpc) is 0.789. The summed E-state index contributed by atoms with van der Waals surface area (Å²) in [5, 5.41) is 88.1. The van der Waals surface area contributed by atoms with Crippen LogP contribution >= 0.6 is 0 Å². The molecule has 0 aromatic carbocycles. The molecule has 2 heterocycles. The molecule has 0 saturated carbocycles. The maximum Gasteiger partial charge on any atom is 0.220 e. The summed E-state index contributed by atoms with van der Waals surface area (Å²) in [6.45, 7) is 2.83. The highest BCUT2D eigenvalue weighted by molar-refractivity contribution is 5.76. The number of amides is 1. The molecule has 12 atom stereocenters.